The van der Waals surface area contributed by atoms with E-state index in [0.29, 0.717) is 29.6 Å². The molecule has 2 aromatic heterocycles. The van der Waals surface area contributed by atoms with E-state index in [1.165, 1.54) is 16.9 Å². The number of nitrogens with zero attached hydrogens (tertiary/aromatic N) is 3. The Morgan fingerprint density at radius 3 is 2.46 bits per heavy atom. The topological polar surface area (TPSA) is 78.3 Å². The van der Waals surface area contributed by atoms with Crippen LogP contribution >= 0.6 is 0 Å². The van der Waals surface area contributed by atoms with Crippen molar-refractivity contribution in [1.29, 1.82) is 0 Å². The molecule has 0 saturated heterocycles. The number of ether oxygens (including phenoxy) is 2. The second-order valence-electron chi connectivity index (χ2n) is 7.41. The summed E-state index contributed by atoms with van der Waals surface area (Å²) in [5.74, 6) is 0.900. The van der Waals surface area contributed by atoms with Gasteiger partial charge in [0.25, 0.3) is 5.91 Å². The molecule has 35 heavy (non-hydrogen) atoms. The predicted octanol–water partition coefficient (Wildman–Crippen LogP) is 6.04. The van der Waals surface area contributed by atoms with E-state index >= 15 is 0 Å². The zero-order valence-corrected chi connectivity index (χ0v) is 18.8. The summed E-state index contributed by atoms with van der Waals surface area (Å²) in [5.41, 5.74) is -0.404. The van der Waals surface area contributed by atoms with Crippen LogP contribution < -0.4 is 14.8 Å². The molecule has 0 unspecified atom stereocenters. The number of rotatable bonds is 7. The van der Waals surface area contributed by atoms with Gasteiger partial charge in [-0.25, -0.2) is 9.67 Å². The molecule has 0 saturated carbocycles. The second kappa shape index (κ2) is 9.88. The minimum absolute atomic E-state index is 0.0466. The van der Waals surface area contributed by atoms with Crippen LogP contribution in [0.3, 0.4) is 0 Å². The van der Waals surface area contributed by atoms with Gasteiger partial charge < -0.3 is 14.8 Å². The number of pyridine rings is 1. The summed E-state index contributed by atoms with van der Waals surface area (Å²) in [7, 11) is 0. The molecule has 2 heterocycles. The van der Waals surface area contributed by atoms with E-state index in [1.54, 1.807) is 55.6 Å². The molecule has 7 nitrogen and oxygen atoms in total. The van der Waals surface area contributed by atoms with Gasteiger partial charge in [-0.2, -0.15) is 18.3 Å². The number of hydrogen-bond acceptors (Lipinski definition) is 5. The van der Waals surface area contributed by atoms with Crippen molar-refractivity contribution in [2.75, 3.05) is 11.9 Å². The molecule has 4 aromatic rings. The summed E-state index contributed by atoms with van der Waals surface area (Å²) in [6.45, 7) is 4.01. The fraction of sp³-hybridized carbons (Fsp3) is 0.160. The van der Waals surface area contributed by atoms with Crippen molar-refractivity contribution < 1.29 is 27.4 Å². The largest absolute Gasteiger partial charge is 0.494 e. The summed E-state index contributed by atoms with van der Waals surface area (Å²) in [4.78, 5) is 17.2. The Labute approximate surface area is 199 Å². The molecule has 0 atom stereocenters. The molecule has 180 valence electrons. The highest BCUT2D eigenvalue weighted by atomic mass is 19.4. The first-order valence-corrected chi connectivity index (χ1v) is 10.7. The minimum atomic E-state index is -4.60. The van der Waals surface area contributed by atoms with Crippen molar-refractivity contribution in [3.8, 4) is 23.1 Å². The lowest BCUT2D eigenvalue weighted by atomic mass is 10.1. The van der Waals surface area contributed by atoms with Gasteiger partial charge in [0, 0.05) is 6.20 Å². The first-order valence-electron chi connectivity index (χ1n) is 10.7. The van der Waals surface area contributed by atoms with Gasteiger partial charge in [-0.3, -0.25) is 4.79 Å². The Hall–Kier alpha value is -4.34. The third-order valence-corrected chi connectivity index (χ3v) is 5.04. The lowest BCUT2D eigenvalue weighted by Gasteiger charge is -2.15. The van der Waals surface area contributed by atoms with Gasteiger partial charge in [-0.1, -0.05) is 6.07 Å². The van der Waals surface area contributed by atoms with Crippen LogP contribution in [0.5, 0.6) is 17.2 Å². The molecule has 0 fully saturated rings. The number of aromatic nitrogens is 3. The number of alkyl halides is 3. The van der Waals surface area contributed by atoms with E-state index in [9.17, 15) is 18.0 Å². The first-order chi connectivity index (χ1) is 16.8. The number of halogens is 3. The van der Waals surface area contributed by atoms with Crippen LogP contribution in [0.15, 0.2) is 73.1 Å². The van der Waals surface area contributed by atoms with Gasteiger partial charge in [0.1, 0.15) is 11.5 Å². The van der Waals surface area contributed by atoms with E-state index in [4.69, 9.17) is 9.47 Å². The minimum Gasteiger partial charge on any atom is -0.494 e. The Morgan fingerprint density at radius 1 is 1.06 bits per heavy atom. The summed E-state index contributed by atoms with van der Waals surface area (Å²) >= 11 is 0. The molecule has 0 aliphatic heterocycles. The fourth-order valence-electron chi connectivity index (χ4n) is 3.32. The van der Waals surface area contributed by atoms with Crippen LogP contribution in [0.25, 0.3) is 5.82 Å². The summed E-state index contributed by atoms with van der Waals surface area (Å²) < 4.78 is 52.8. The molecule has 0 spiro atoms. The number of anilines is 1. The quantitative estimate of drug-likeness (QED) is 0.348. The van der Waals surface area contributed by atoms with Crippen LogP contribution in [0, 0.1) is 6.92 Å². The maximum Gasteiger partial charge on any atom is 0.416 e. The van der Waals surface area contributed by atoms with Crippen molar-refractivity contribution >= 4 is 11.6 Å². The van der Waals surface area contributed by atoms with Crippen LogP contribution in [-0.2, 0) is 6.18 Å². The van der Waals surface area contributed by atoms with E-state index in [1.807, 2.05) is 6.92 Å². The van der Waals surface area contributed by atoms with Gasteiger partial charge >= 0.3 is 6.18 Å². The second-order valence-corrected chi connectivity index (χ2v) is 7.41. The highest BCUT2D eigenvalue weighted by Gasteiger charge is 2.31. The molecule has 1 amide bonds. The van der Waals surface area contributed by atoms with E-state index in [0.717, 1.165) is 12.1 Å². The molecule has 0 aliphatic carbocycles. The number of nitrogens with one attached hydrogen (secondary N) is 1. The van der Waals surface area contributed by atoms with Crippen LogP contribution in [0.1, 0.15) is 28.5 Å². The molecule has 0 radical (unpaired) electrons. The average molecular weight is 482 g/mol. The number of carbonyl (C=O) groups is 1. The number of amides is 1. The molecular weight excluding hydrogens is 461 g/mol. The predicted molar refractivity (Wildman–Crippen MR) is 123 cm³/mol. The van der Waals surface area contributed by atoms with Crippen molar-refractivity contribution in [3.05, 3.63) is 89.9 Å². The van der Waals surface area contributed by atoms with Gasteiger partial charge in [0.05, 0.1) is 35.3 Å². The smallest absolute Gasteiger partial charge is 0.416 e. The molecule has 2 aromatic carbocycles. The van der Waals surface area contributed by atoms with E-state index < -0.39 is 17.6 Å². The maximum atomic E-state index is 13.4. The molecule has 0 bridgehead atoms. The third kappa shape index (κ3) is 5.43. The van der Waals surface area contributed by atoms with Crippen LogP contribution in [0.4, 0.5) is 18.9 Å². The van der Waals surface area contributed by atoms with Gasteiger partial charge in [-0.15, -0.1) is 0 Å². The van der Waals surface area contributed by atoms with E-state index in [-0.39, 0.29) is 17.0 Å². The first kappa shape index (κ1) is 23.8. The van der Waals surface area contributed by atoms with Crippen molar-refractivity contribution in [1.82, 2.24) is 14.8 Å². The Bertz CT molecular complexity index is 1320. The standard InChI is InChI=1S/C25H21F3N4O3/c1-3-34-18-8-10-19(11-9-18)35-22-12-7-17(25(26,27)28)14-21(22)31-24(33)20-15-30-32(16(20)2)23-6-4-5-13-29-23/h4-15H,3H2,1-2H3,(H,31,33). The third-order valence-electron chi connectivity index (χ3n) is 5.04. The van der Waals surface area contributed by atoms with Gasteiger partial charge in [0.2, 0.25) is 0 Å². The molecule has 1 N–H and O–H groups in total. The zero-order chi connectivity index (χ0) is 25.0. The van der Waals surface area contributed by atoms with Crippen molar-refractivity contribution in [3.63, 3.8) is 0 Å². The lowest BCUT2D eigenvalue weighted by Crippen LogP contribution is -2.15. The van der Waals surface area contributed by atoms with E-state index in [2.05, 4.69) is 15.4 Å². The molecular formula is C25H21F3N4O3. The van der Waals surface area contributed by atoms with Gasteiger partial charge in [-0.05, 0) is 68.4 Å². The van der Waals surface area contributed by atoms with Crippen molar-refractivity contribution in [2.24, 2.45) is 0 Å². The SMILES string of the molecule is CCOc1ccc(Oc2ccc(C(F)(F)F)cc2NC(=O)c2cnn(-c3ccccn3)c2C)cc1. The summed E-state index contributed by atoms with van der Waals surface area (Å²) in [6.07, 6.45) is -1.68. The maximum absolute atomic E-state index is 13.4. The highest BCUT2D eigenvalue weighted by molar-refractivity contribution is 6.05. The zero-order valence-electron chi connectivity index (χ0n) is 18.8. The lowest BCUT2D eigenvalue weighted by molar-refractivity contribution is -0.137. The monoisotopic (exact) mass is 482 g/mol. The van der Waals surface area contributed by atoms with Crippen LogP contribution in [0.2, 0.25) is 0 Å². The van der Waals surface area contributed by atoms with Crippen molar-refractivity contribution in [2.45, 2.75) is 20.0 Å². The normalized spacial score (nSPS) is 11.2. The number of carbonyl (C=O) groups excluding carboxylic acids is 1. The Morgan fingerprint density at radius 2 is 1.80 bits per heavy atom. The fourth-order valence-corrected chi connectivity index (χ4v) is 3.32. The molecule has 0 aliphatic rings. The van der Waals surface area contributed by atoms with Crippen LogP contribution in [-0.4, -0.2) is 27.3 Å². The molecule has 4 rings (SSSR count). The number of benzene rings is 2. The number of hydrogen-bond donors (Lipinski definition) is 1. The molecule has 10 heteroatoms. The summed E-state index contributed by atoms with van der Waals surface area (Å²) in [5, 5.41) is 6.72. The Kier molecular flexibility index (Phi) is 6.72. The highest BCUT2D eigenvalue weighted by Crippen LogP contribution is 2.37. The Balaban J connectivity index is 1.63. The summed E-state index contributed by atoms with van der Waals surface area (Å²) in [6, 6.07) is 14.7. The average Bonchev–Trinajstić information content (AvgIpc) is 3.23. The van der Waals surface area contributed by atoms with Gasteiger partial charge in [0.15, 0.2) is 11.6 Å².